The molecule has 0 saturated heterocycles. The summed E-state index contributed by atoms with van der Waals surface area (Å²) in [7, 11) is 0. The van der Waals surface area contributed by atoms with E-state index in [1.54, 1.807) is 24.3 Å². The largest absolute Gasteiger partial charge is 0.490 e. The van der Waals surface area contributed by atoms with Gasteiger partial charge in [-0.3, -0.25) is 4.79 Å². The van der Waals surface area contributed by atoms with Crippen LogP contribution in [0, 0.1) is 0 Å². The van der Waals surface area contributed by atoms with Crippen LogP contribution in [0.4, 0.5) is 0 Å². The first kappa shape index (κ1) is 21.7. The summed E-state index contributed by atoms with van der Waals surface area (Å²) < 4.78 is 11.8. The van der Waals surface area contributed by atoms with Crippen LogP contribution < -0.4 is 14.9 Å². The van der Waals surface area contributed by atoms with Gasteiger partial charge in [-0.05, 0) is 48.7 Å². The number of hydrogen-bond donors (Lipinski definition) is 2. The number of carbonyl (C=O) groups excluding carboxylic acids is 1. The van der Waals surface area contributed by atoms with Crippen molar-refractivity contribution >= 4 is 18.1 Å². The number of nitrogens with zero attached hydrogens (tertiary/aromatic N) is 1. The molecule has 0 unspecified atom stereocenters. The van der Waals surface area contributed by atoms with Crippen molar-refractivity contribution in [2.45, 2.75) is 26.9 Å². The first-order valence-corrected chi connectivity index (χ1v) is 9.09. The fourth-order valence-electron chi connectivity index (χ4n) is 2.59. The summed E-state index contributed by atoms with van der Waals surface area (Å²) >= 11 is 0. The molecule has 0 aliphatic rings. The van der Waals surface area contributed by atoms with E-state index in [1.165, 1.54) is 25.3 Å². The van der Waals surface area contributed by atoms with Crippen LogP contribution in [0.2, 0.25) is 0 Å². The minimum atomic E-state index is -0.971. The number of hydrogen-bond acceptors (Lipinski definition) is 5. The number of benzene rings is 2. The fraction of sp³-hybridized carbons (Fsp3) is 0.227. The highest BCUT2D eigenvalue weighted by molar-refractivity contribution is 5.87. The summed E-state index contributed by atoms with van der Waals surface area (Å²) in [5, 5.41) is 12.9. The zero-order valence-electron chi connectivity index (χ0n) is 16.5. The molecule has 0 heterocycles. The lowest BCUT2D eigenvalue weighted by Gasteiger charge is -2.17. The molecule has 0 atom stereocenters. The molecule has 7 heteroatoms. The second-order valence-electron chi connectivity index (χ2n) is 6.15. The molecule has 0 fully saturated rings. The second-order valence-corrected chi connectivity index (χ2v) is 6.15. The van der Waals surface area contributed by atoms with Gasteiger partial charge in [0.1, 0.15) is 6.61 Å². The van der Waals surface area contributed by atoms with E-state index in [1.807, 2.05) is 13.0 Å². The van der Waals surface area contributed by atoms with Crippen molar-refractivity contribution in [1.82, 2.24) is 5.43 Å². The Labute approximate surface area is 169 Å². The van der Waals surface area contributed by atoms with E-state index in [0.29, 0.717) is 24.5 Å². The molecule has 0 bridgehead atoms. The molecule has 2 aromatic carbocycles. The highest BCUT2D eigenvalue weighted by Gasteiger charge is 2.13. The number of ether oxygens (including phenoxy) is 2. The lowest BCUT2D eigenvalue weighted by Crippen LogP contribution is -2.12. The van der Waals surface area contributed by atoms with Gasteiger partial charge in [-0.25, -0.2) is 10.2 Å². The van der Waals surface area contributed by atoms with E-state index in [4.69, 9.17) is 14.6 Å². The lowest BCUT2D eigenvalue weighted by atomic mass is 10.1. The maximum Gasteiger partial charge on any atom is 0.335 e. The summed E-state index contributed by atoms with van der Waals surface area (Å²) in [6.07, 6.45) is 3.84. The van der Waals surface area contributed by atoms with E-state index in [9.17, 15) is 9.59 Å². The fourth-order valence-corrected chi connectivity index (χ4v) is 2.59. The molecule has 29 heavy (non-hydrogen) atoms. The van der Waals surface area contributed by atoms with Gasteiger partial charge in [0.2, 0.25) is 5.91 Å². The van der Waals surface area contributed by atoms with Crippen LogP contribution in [0.15, 0.2) is 54.2 Å². The molecule has 152 valence electrons. The molecule has 2 aromatic rings. The lowest BCUT2D eigenvalue weighted by molar-refractivity contribution is -0.118. The third-order valence-corrected chi connectivity index (χ3v) is 3.84. The van der Waals surface area contributed by atoms with Gasteiger partial charge in [-0.15, -0.1) is 6.58 Å². The average Bonchev–Trinajstić information content (AvgIpc) is 2.68. The van der Waals surface area contributed by atoms with E-state index in [0.717, 1.165) is 16.7 Å². The summed E-state index contributed by atoms with van der Waals surface area (Å²) in [4.78, 5) is 22.0. The van der Waals surface area contributed by atoms with E-state index in [2.05, 4.69) is 17.1 Å². The van der Waals surface area contributed by atoms with Gasteiger partial charge in [0.15, 0.2) is 11.5 Å². The summed E-state index contributed by atoms with van der Waals surface area (Å²) in [6, 6.07) is 10.2. The van der Waals surface area contributed by atoms with Crippen LogP contribution in [-0.4, -0.2) is 29.8 Å². The van der Waals surface area contributed by atoms with Crippen molar-refractivity contribution in [3.63, 3.8) is 0 Å². The Morgan fingerprint density at radius 1 is 1.21 bits per heavy atom. The van der Waals surface area contributed by atoms with Crippen molar-refractivity contribution in [3.8, 4) is 11.5 Å². The van der Waals surface area contributed by atoms with E-state index in [-0.39, 0.29) is 18.1 Å². The number of aromatic carboxylic acids is 1. The maximum absolute atomic E-state index is 11.0. The Morgan fingerprint density at radius 2 is 1.93 bits per heavy atom. The number of carboxylic acids is 1. The molecule has 0 aliphatic carbocycles. The summed E-state index contributed by atoms with van der Waals surface area (Å²) in [5.74, 6) is -0.0867. The second kappa shape index (κ2) is 10.7. The van der Waals surface area contributed by atoms with Crippen LogP contribution in [0.3, 0.4) is 0 Å². The molecule has 2 N–H and O–H groups in total. The number of allylic oxidation sites excluding steroid dienone is 1. The molecule has 0 radical (unpaired) electrons. The number of nitrogens with one attached hydrogen (secondary N) is 1. The molecule has 2 rings (SSSR count). The minimum absolute atomic E-state index is 0.221. The number of carbonyl (C=O) groups is 2. The quantitative estimate of drug-likeness (QED) is 0.364. The molecular weight excluding hydrogens is 372 g/mol. The first-order chi connectivity index (χ1) is 13.9. The Balaban J connectivity index is 2.29. The van der Waals surface area contributed by atoms with Crippen LogP contribution in [0.1, 0.15) is 40.9 Å². The van der Waals surface area contributed by atoms with Gasteiger partial charge in [-0.1, -0.05) is 18.2 Å². The summed E-state index contributed by atoms with van der Waals surface area (Å²) in [6.45, 7) is 7.75. The molecule has 0 saturated carbocycles. The predicted molar refractivity (Wildman–Crippen MR) is 111 cm³/mol. The van der Waals surface area contributed by atoms with Gasteiger partial charge >= 0.3 is 5.97 Å². The molecular formula is C22H24N2O5. The Hall–Kier alpha value is -3.61. The molecule has 0 spiro atoms. The van der Waals surface area contributed by atoms with Crippen LogP contribution in [-0.2, 0) is 17.8 Å². The van der Waals surface area contributed by atoms with Crippen LogP contribution in [0.25, 0.3) is 0 Å². The topological polar surface area (TPSA) is 97.2 Å². The van der Waals surface area contributed by atoms with Crippen molar-refractivity contribution in [2.24, 2.45) is 5.10 Å². The monoisotopic (exact) mass is 396 g/mol. The molecule has 0 aliphatic heterocycles. The normalized spacial score (nSPS) is 10.6. The van der Waals surface area contributed by atoms with Crippen LogP contribution >= 0.6 is 0 Å². The molecule has 7 nitrogen and oxygen atoms in total. The zero-order valence-corrected chi connectivity index (χ0v) is 16.5. The van der Waals surface area contributed by atoms with Gasteiger partial charge < -0.3 is 14.6 Å². The highest BCUT2D eigenvalue weighted by atomic mass is 16.5. The van der Waals surface area contributed by atoms with Crippen molar-refractivity contribution in [3.05, 3.63) is 71.3 Å². The SMILES string of the molecule is C=CCc1cc(/C=N\NC(C)=O)cc(OCC)c1OCc1ccc(C(=O)O)cc1. The third kappa shape index (κ3) is 6.49. The maximum atomic E-state index is 11.0. The van der Waals surface area contributed by atoms with Crippen molar-refractivity contribution < 1.29 is 24.2 Å². The Kier molecular flexibility index (Phi) is 7.97. The third-order valence-electron chi connectivity index (χ3n) is 3.84. The Bertz CT molecular complexity index is 904. The number of amides is 1. The van der Waals surface area contributed by atoms with Crippen LogP contribution in [0.5, 0.6) is 11.5 Å². The van der Waals surface area contributed by atoms with Gasteiger partial charge in [0.25, 0.3) is 0 Å². The van der Waals surface area contributed by atoms with Gasteiger partial charge in [0, 0.05) is 12.5 Å². The van der Waals surface area contributed by atoms with Gasteiger partial charge in [-0.2, -0.15) is 5.10 Å². The first-order valence-electron chi connectivity index (χ1n) is 9.09. The van der Waals surface area contributed by atoms with Gasteiger partial charge in [0.05, 0.1) is 18.4 Å². The number of hydrazone groups is 1. The highest BCUT2D eigenvalue weighted by Crippen LogP contribution is 2.34. The van der Waals surface area contributed by atoms with E-state index >= 15 is 0 Å². The molecule has 1 amide bonds. The minimum Gasteiger partial charge on any atom is -0.490 e. The van der Waals surface area contributed by atoms with Crippen molar-refractivity contribution in [2.75, 3.05) is 6.61 Å². The zero-order chi connectivity index (χ0) is 21.2. The predicted octanol–water partition coefficient (Wildman–Crippen LogP) is 3.56. The van der Waals surface area contributed by atoms with E-state index < -0.39 is 5.97 Å². The van der Waals surface area contributed by atoms with Crippen molar-refractivity contribution in [1.29, 1.82) is 0 Å². The number of rotatable bonds is 10. The summed E-state index contributed by atoms with van der Waals surface area (Å²) in [5.41, 5.74) is 5.03. The smallest absolute Gasteiger partial charge is 0.335 e. The standard InChI is InChI=1S/C22H24N2O5/c1-4-6-19-11-17(13-23-24-15(3)25)12-20(28-5-2)21(19)29-14-16-7-9-18(10-8-16)22(26)27/h4,7-13H,1,5-6,14H2,2-3H3,(H,24,25)(H,26,27)/b23-13-. The average molecular weight is 396 g/mol. The number of carboxylic acid groups (broad SMARTS) is 1. The Morgan fingerprint density at radius 3 is 2.52 bits per heavy atom. The molecule has 0 aromatic heterocycles.